The zero-order valence-electron chi connectivity index (χ0n) is 17.3. The standard InChI is InChI=1S/C21H21F5N2O4S/c22-14-5-7-17(23)16(11-14)20(29)27-18-12-15(6-8-19(18)32-13-21(24,25)26)33(30,31)28-9-3-1-2-4-10-28/h5-8,11-12H,1-4,9-10,13H2,(H,27,29). The molecule has 1 aliphatic heterocycles. The van der Waals surface area contributed by atoms with E-state index in [4.69, 9.17) is 4.74 Å². The lowest BCUT2D eigenvalue weighted by Gasteiger charge is -2.21. The first kappa shape index (κ1) is 24.9. The van der Waals surface area contributed by atoms with Gasteiger partial charge in [0.25, 0.3) is 5.91 Å². The van der Waals surface area contributed by atoms with Crippen LogP contribution < -0.4 is 10.1 Å². The van der Waals surface area contributed by atoms with Crippen molar-refractivity contribution < 1.29 is 39.9 Å². The summed E-state index contributed by atoms with van der Waals surface area (Å²) >= 11 is 0. The molecular formula is C21H21F5N2O4S. The van der Waals surface area contributed by atoms with Gasteiger partial charge in [-0.1, -0.05) is 12.8 Å². The number of alkyl halides is 3. The van der Waals surface area contributed by atoms with Crippen molar-refractivity contribution in [3.8, 4) is 5.75 Å². The molecule has 1 heterocycles. The van der Waals surface area contributed by atoms with Crippen LogP contribution >= 0.6 is 0 Å². The Kier molecular flexibility index (Phi) is 7.58. The smallest absolute Gasteiger partial charge is 0.422 e. The molecule has 3 rings (SSSR count). The Labute approximate surface area is 187 Å². The Hall–Kier alpha value is -2.73. The van der Waals surface area contributed by atoms with E-state index < -0.39 is 57.3 Å². The summed E-state index contributed by atoms with van der Waals surface area (Å²) in [6.07, 6.45) is -1.64. The van der Waals surface area contributed by atoms with Crippen molar-refractivity contribution in [2.75, 3.05) is 25.0 Å². The number of anilines is 1. The normalized spacial score (nSPS) is 15.7. The Morgan fingerprint density at radius 3 is 2.30 bits per heavy atom. The Morgan fingerprint density at radius 2 is 1.67 bits per heavy atom. The van der Waals surface area contributed by atoms with E-state index in [1.807, 2.05) is 0 Å². The molecule has 2 aromatic rings. The van der Waals surface area contributed by atoms with Crippen LogP contribution in [-0.2, 0) is 10.0 Å². The van der Waals surface area contributed by atoms with Crippen molar-refractivity contribution in [3.05, 3.63) is 53.6 Å². The molecule has 1 aliphatic rings. The zero-order chi connectivity index (χ0) is 24.2. The summed E-state index contributed by atoms with van der Waals surface area (Å²) in [4.78, 5) is 12.2. The largest absolute Gasteiger partial charge is 0.482 e. The predicted octanol–water partition coefficient (Wildman–Crippen LogP) is 4.72. The molecule has 0 unspecified atom stereocenters. The van der Waals surface area contributed by atoms with Crippen molar-refractivity contribution >= 4 is 21.6 Å². The molecule has 0 aromatic heterocycles. The molecule has 6 nitrogen and oxygen atoms in total. The number of nitrogens with one attached hydrogen (secondary N) is 1. The van der Waals surface area contributed by atoms with Crippen molar-refractivity contribution in [1.29, 1.82) is 0 Å². The molecule has 2 aromatic carbocycles. The number of hydrogen-bond donors (Lipinski definition) is 1. The summed E-state index contributed by atoms with van der Waals surface area (Å²) in [6.45, 7) is -1.14. The van der Waals surface area contributed by atoms with E-state index in [1.54, 1.807) is 0 Å². The SMILES string of the molecule is O=C(Nc1cc(S(=O)(=O)N2CCCCCC2)ccc1OCC(F)(F)F)c1cc(F)ccc1F. The highest BCUT2D eigenvalue weighted by molar-refractivity contribution is 7.89. The van der Waals surface area contributed by atoms with Crippen LogP contribution in [0.2, 0.25) is 0 Å². The lowest BCUT2D eigenvalue weighted by Crippen LogP contribution is -2.32. The van der Waals surface area contributed by atoms with Gasteiger partial charge >= 0.3 is 6.18 Å². The highest BCUT2D eigenvalue weighted by Crippen LogP contribution is 2.32. The number of ether oxygens (including phenoxy) is 1. The number of halogens is 5. The first-order chi connectivity index (χ1) is 15.5. The van der Waals surface area contributed by atoms with Gasteiger partial charge < -0.3 is 10.1 Å². The third-order valence-corrected chi connectivity index (χ3v) is 6.86. The van der Waals surface area contributed by atoms with Gasteiger partial charge in [-0.3, -0.25) is 4.79 Å². The Morgan fingerprint density at radius 1 is 1.00 bits per heavy atom. The highest BCUT2D eigenvalue weighted by atomic mass is 32.2. The fourth-order valence-electron chi connectivity index (χ4n) is 3.34. The quantitative estimate of drug-likeness (QED) is 0.592. The molecular weight excluding hydrogens is 471 g/mol. The van der Waals surface area contributed by atoms with E-state index >= 15 is 0 Å². The number of sulfonamides is 1. The second-order valence-electron chi connectivity index (χ2n) is 7.46. The lowest BCUT2D eigenvalue weighted by molar-refractivity contribution is -0.153. The summed E-state index contributed by atoms with van der Waals surface area (Å²) in [6, 6.07) is 5.11. The minimum Gasteiger partial charge on any atom is -0.482 e. The molecule has 0 aliphatic carbocycles. The highest BCUT2D eigenvalue weighted by Gasteiger charge is 2.30. The van der Waals surface area contributed by atoms with Crippen LogP contribution in [0.1, 0.15) is 36.0 Å². The number of benzene rings is 2. The Balaban J connectivity index is 1.97. The van der Waals surface area contributed by atoms with Crippen molar-refractivity contribution in [1.82, 2.24) is 4.31 Å². The van der Waals surface area contributed by atoms with Crippen LogP contribution in [0.4, 0.5) is 27.6 Å². The number of rotatable bonds is 6. The van der Waals surface area contributed by atoms with Gasteiger partial charge in [-0.2, -0.15) is 17.5 Å². The maximum atomic E-state index is 14.0. The molecule has 1 N–H and O–H groups in total. The van der Waals surface area contributed by atoms with Gasteiger partial charge in [-0.15, -0.1) is 0 Å². The molecule has 0 atom stereocenters. The van der Waals surface area contributed by atoms with Gasteiger partial charge in [0.15, 0.2) is 6.61 Å². The fourth-order valence-corrected chi connectivity index (χ4v) is 4.89. The van der Waals surface area contributed by atoms with Crippen LogP contribution in [0.5, 0.6) is 5.75 Å². The maximum absolute atomic E-state index is 14.0. The van der Waals surface area contributed by atoms with Gasteiger partial charge in [0.1, 0.15) is 17.4 Å². The fraction of sp³-hybridized carbons (Fsp3) is 0.381. The molecule has 0 bridgehead atoms. The number of carbonyl (C=O) groups excluding carboxylic acids is 1. The average molecular weight is 492 g/mol. The van der Waals surface area contributed by atoms with Crippen molar-refractivity contribution in [2.24, 2.45) is 0 Å². The van der Waals surface area contributed by atoms with Crippen LogP contribution in [0.25, 0.3) is 0 Å². The first-order valence-corrected chi connectivity index (χ1v) is 11.5. The van der Waals surface area contributed by atoms with Gasteiger partial charge in [0.05, 0.1) is 16.1 Å². The van der Waals surface area contributed by atoms with Crippen LogP contribution in [0, 0.1) is 11.6 Å². The second-order valence-corrected chi connectivity index (χ2v) is 9.40. The number of amides is 1. The van der Waals surface area contributed by atoms with Gasteiger partial charge in [-0.25, -0.2) is 17.2 Å². The van der Waals surface area contributed by atoms with Gasteiger partial charge in [0, 0.05) is 13.1 Å². The third-order valence-electron chi connectivity index (χ3n) is 4.97. The minimum atomic E-state index is -4.70. The lowest BCUT2D eigenvalue weighted by atomic mass is 10.2. The number of hydrogen-bond acceptors (Lipinski definition) is 4. The summed E-state index contributed by atoms with van der Waals surface area (Å²) in [5.74, 6) is -3.65. The third kappa shape index (κ3) is 6.41. The van der Waals surface area contributed by atoms with E-state index in [2.05, 4.69) is 5.32 Å². The van der Waals surface area contributed by atoms with E-state index in [1.165, 1.54) is 4.31 Å². The van der Waals surface area contributed by atoms with Crippen LogP contribution in [-0.4, -0.2) is 44.5 Å². The number of carbonyl (C=O) groups is 1. The molecule has 0 saturated carbocycles. The minimum absolute atomic E-state index is 0.279. The summed E-state index contributed by atoms with van der Waals surface area (Å²) < 4.78 is 97.4. The molecule has 33 heavy (non-hydrogen) atoms. The molecule has 0 spiro atoms. The maximum Gasteiger partial charge on any atom is 0.422 e. The van der Waals surface area contributed by atoms with Gasteiger partial charge in [0.2, 0.25) is 10.0 Å². The van der Waals surface area contributed by atoms with E-state index in [0.717, 1.165) is 37.1 Å². The van der Waals surface area contributed by atoms with E-state index in [-0.39, 0.29) is 18.0 Å². The molecule has 1 fully saturated rings. The number of nitrogens with zero attached hydrogens (tertiary/aromatic N) is 1. The average Bonchev–Trinajstić information content (AvgIpc) is 3.04. The van der Waals surface area contributed by atoms with Gasteiger partial charge in [-0.05, 0) is 49.2 Å². The van der Waals surface area contributed by atoms with Crippen molar-refractivity contribution in [2.45, 2.75) is 36.8 Å². The van der Waals surface area contributed by atoms with E-state index in [0.29, 0.717) is 25.0 Å². The zero-order valence-corrected chi connectivity index (χ0v) is 18.1. The summed E-state index contributed by atoms with van der Waals surface area (Å²) in [5, 5.41) is 2.14. The first-order valence-electron chi connectivity index (χ1n) is 10.1. The Bertz CT molecular complexity index is 1110. The predicted molar refractivity (Wildman–Crippen MR) is 110 cm³/mol. The second kappa shape index (κ2) is 10.0. The molecule has 1 saturated heterocycles. The topological polar surface area (TPSA) is 75.7 Å². The molecule has 180 valence electrons. The van der Waals surface area contributed by atoms with Crippen LogP contribution in [0.3, 0.4) is 0 Å². The monoisotopic (exact) mass is 492 g/mol. The summed E-state index contributed by atoms with van der Waals surface area (Å²) in [7, 11) is -4.01. The van der Waals surface area contributed by atoms with Crippen molar-refractivity contribution in [3.63, 3.8) is 0 Å². The van der Waals surface area contributed by atoms with E-state index in [9.17, 15) is 35.2 Å². The molecule has 0 radical (unpaired) electrons. The summed E-state index contributed by atoms with van der Waals surface area (Å²) in [5.41, 5.74) is -1.14. The molecule has 12 heteroatoms. The molecule has 1 amide bonds. The van der Waals surface area contributed by atoms with Crippen LogP contribution in [0.15, 0.2) is 41.3 Å².